The predicted octanol–water partition coefficient (Wildman–Crippen LogP) is 2.25. The van der Waals surface area contributed by atoms with Gasteiger partial charge in [0.25, 0.3) is 5.91 Å². The molecule has 1 aromatic heterocycles. The van der Waals surface area contributed by atoms with Crippen LogP contribution in [0.5, 0.6) is 0 Å². The fourth-order valence-corrected chi connectivity index (χ4v) is 3.26. The topological polar surface area (TPSA) is 78.4 Å². The molecule has 0 spiro atoms. The van der Waals surface area contributed by atoms with Gasteiger partial charge in [-0.2, -0.15) is 0 Å². The third kappa shape index (κ3) is 4.48. The molecule has 2 amide bonds. The quantitative estimate of drug-likeness (QED) is 0.840. The molecule has 1 unspecified atom stereocenters. The van der Waals surface area contributed by atoms with Crippen LogP contribution in [-0.2, 0) is 4.79 Å². The second-order valence-electron chi connectivity index (χ2n) is 6.16. The van der Waals surface area contributed by atoms with Crippen molar-refractivity contribution >= 4 is 41.0 Å². The van der Waals surface area contributed by atoms with E-state index in [1.165, 1.54) is 0 Å². The maximum absolute atomic E-state index is 12.7. The minimum Gasteiger partial charge on any atom is -0.340 e. The number of hydrogen-bond donors (Lipinski definition) is 1. The number of halogens is 2. The summed E-state index contributed by atoms with van der Waals surface area (Å²) in [5.74, 6) is 0.0800. The van der Waals surface area contributed by atoms with Gasteiger partial charge in [-0.05, 0) is 25.1 Å². The van der Waals surface area contributed by atoms with Crippen molar-refractivity contribution in [2.75, 3.05) is 31.1 Å². The predicted molar refractivity (Wildman–Crippen MR) is 104 cm³/mol. The molecule has 1 aromatic carbocycles. The van der Waals surface area contributed by atoms with Crippen molar-refractivity contribution in [3.63, 3.8) is 0 Å². The van der Waals surface area contributed by atoms with Gasteiger partial charge in [-0.3, -0.25) is 9.59 Å². The van der Waals surface area contributed by atoms with Gasteiger partial charge < -0.3 is 15.1 Å². The molecule has 0 aliphatic carbocycles. The van der Waals surface area contributed by atoms with E-state index in [4.69, 9.17) is 23.2 Å². The Hall–Kier alpha value is -2.38. The first-order chi connectivity index (χ1) is 13.0. The third-order valence-electron chi connectivity index (χ3n) is 4.34. The molecule has 1 aliphatic rings. The van der Waals surface area contributed by atoms with Gasteiger partial charge in [0.1, 0.15) is 6.04 Å². The van der Waals surface area contributed by atoms with Crippen molar-refractivity contribution in [2.45, 2.75) is 13.0 Å². The summed E-state index contributed by atoms with van der Waals surface area (Å²) in [7, 11) is 0. The zero-order valence-electron chi connectivity index (χ0n) is 14.7. The molecule has 7 nitrogen and oxygen atoms in total. The average Bonchev–Trinajstić information content (AvgIpc) is 2.70. The number of anilines is 1. The lowest BCUT2D eigenvalue weighted by molar-refractivity contribution is -0.133. The number of piperazine rings is 1. The highest BCUT2D eigenvalue weighted by Gasteiger charge is 2.27. The standard InChI is InChI=1S/C18H19Cl2N5O2/c1-12(23-16(26)13-4-2-5-14(19)15(13)20)17(27)24-8-10-25(11-9-24)18-21-6-3-7-22-18/h2-7,12H,8-11H2,1H3,(H,23,26). The Morgan fingerprint density at radius 2 is 1.74 bits per heavy atom. The van der Waals surface area contributed by atoms with E-state index in [1.54, 1.807) is 48.5 Å². The van der Waals surface area contributed by atoms with Crippen LogP contribution in [-0.4, -0.2) is 58.9 Å². The zero-order valence-corrected chi connectivity index (χ0v) is 16.2. The molecular formula is C18H19Cl2N5O2. The molecule has 1 aliphatic heterocycles. The largest absolute Gasteiger partial charge is 0.340 e. The summed E-state index contributed by atoms with van der Waals surface area (Å²) < 4.78 is 0. The number of nitrogens with one attached hydrogen (secondary N) is 1. The van der Waals surface area contributed by atoms with E-state index in [0.717, 1.165) is 0 Å². The molecule has 3 rings (SSSR count). The monoisotopic (exact) mass is 407 g/mol. The summed E-state index contributed by atoms with van der Waals surface area (Å²) in [5.41, 5.74) is 0.245. The lowest BCUT2D eigenvalue weighted by atomic mass is 10.2. The molecule has 2 aromatic rings. The average molecular weight is 408 g/mol. The molecule has 9 heteroatoms. The van der Waals surface area contributed by atoms with Crippen LogP contribution in [0, 0.1) is 0 Å². The van der Waals surface area contributed by atoms with Gasteiger partial charge in [-0.1, -0.05) is 29.3 Å². The summed E-state index contributed by atoms with van der Waals surface area (Å²) >= 11 is 12.0. The first kappa shape index (κ1) is 19.4. The highest BCUT2D eigenvalue weighted by molar-refractivity contribution is 6.43. The van der Waals surface area contributed by atoms with Crippen LogP contribution < -0.4 is 10.2 Å². The van der Waals surface area contributed by atoms with E-state index in [9.17, 15) is 9.59 Å². The Morgan fingerprint density at radius 1 is 1.07 bits per heavy atom. The first-order valence-corrected chi connectivity index (χ1v) is 9.28. The van der Waals surface area contributed by atoms with Crippen LogP contribution in [0.4, 0.5) is 5.95 Å². The minimum atomic E-state index is -0.674. The van der Waals surface area contributed by atoms with E-state index in [1.807, 2.05) is 4.90 Å². The molecule has 0 saturated carbocycles. The third-order valence-corrected chi connectivity index (χ3v) is 5.16. The highest BCUT2D eigenvalue weighted by Crippen LogP contribution is 2.25. The van der Waals surface area contributed by atoms with Crippen LogP contribution in [0.25, 0.3) is 0 Å². The number of rotatable bonds is 4. The van der Waals surface area contributed by atoms with Gasteiger partial charge in [0, 0.05) is 38.6 Å². The number of hydrogen-bond acceptors (Lipinski definition) is 5. The Balaban J connectivity index is 1.56. The number of aromatic nitrogens is 2. The van der Waals surface area contributed by atoms with E-state index in [2.05, 4.69) is 15.3 Å². The number of amides is 2. The summed E-state index contributed by atoms with van der Waals surface area (Å²) in [5, 5.41) is 3.16. The van der Waals surface area contributed by atoms with E-state index < -0.39 is 11.9 Å². The molecule has 2 heterocycles. The maximum atomic E-state index is 12.7. The molecule has 1 N–H and O–H groups in total. The second kappa shape index (κ2) is 8.54. The van der Waals surface area contributed by atoms with Crippen LogP contribution in [0.2, 0.25) is 10.0 Å². The highest BCUT2D eigenvalue weighted by atomic mass is 35.5. The van der Waals surface area contributed by atoms with Crippen LogP contribution in [0.1, 0.15) is 17.3 Å². The fourth-order valence-electron chi connectivity index (χ4n) is 2.87. The van der Waals surface area contributed by atoms with Crippen molar-refractivity contribution in [1.82, 2.24) is 20.2 Å². The van der Waals surface area contributed by atoms with Crippen molar-refractivity contribution in [3.05, 3.63) is 52.3 Å². The fraction of sp³-hybridized carbons (Fsp3) is 0.333. The lowest BCUT2D eigenvalue weighted by Gasteiger charge is -2.35. The molecule has 27 heavy (non-hydrogen) atoms. The van der Waals surface area contributed by atoms with Gasteiger partial charge in [0.2, 0.25) is 11.9 Å². The van der Waals surface area contributed by atoms with Gasteiger partial charge in [-0.25, -0.2) is 9.97 Å². The molecule has 1 saturated heterocycles. The maximum Gasteiger partial charge on any atom is 0.253 e. The van der Waals surface area contributed by atoms with Crippen molar-refractivity contribution in [1.29, 1.82) is 0 Å². The summed E-state index contributed by atoms with van der Waals surface area (Å²) in [6.07, 6.45) is 3.39. The Labute approximate surface area is 167 Å². The van der Waals surface area contributed by atoms with Gasteiger partial charge >= 0.3 is 0 Å². The van der Waals surface area contributed by atoms with Crippen molar-refractivity contribution < 1.29 is 9.59 Å². The Bertz CT molecular complexity index is 826. The second-order valence-corrected chi connectivity index (χ2v) is 6.94. The smallest absolute Gasteiger partial charge is 0.253 e. The van der Waals surface area contributed by atoms with Gasteiger partial charge in [0.05, 0.1) is 15.6 Å². The molecular weight excluding hydrogens is 389 g/mol. The molecule has 142 valence electrons. The number of nitrogens with zero attached hydrogens (tertiary/aromatic N) is 4. The zero-order chi connectivity index (χ0) is 19.4. The van der Waals surface area contributed by atoms with Crippen LogP contribution in [0.15, 0.2) is 36.7 Å². The number of carbonyl (C=O) groups is 2. The van der Waals surface area contributed by atoms with Gasteiger partial charge in [0.15, 0.2) is 0 Å². The van der Waals surface area contributed by atoms with Crippen LogP contribution >= 0.6 is 23.2 Å². The summed E-state index contributed by atoms with van der Waals surface area (Å²) in [6.45, 7) is 4.00. The summed E-state index contributed by atoms with van der Waals surface area (Å²) in [4.78, 5) is 37.3. The van der Waals surface area contributed by atoms with E-state index in [0.29, 0.717) is 37.1 Å². The molecule has 1 atom stereocenters. The molecule has 0 bridgehead atoms. The van der Waals surface area contributed by atoms with E-state index >= 15 is 0 Å². The first-order valence-electron chi connectivity index (χ1n) is 8.53. The SMILES string of the molecule is CC(NC(=O)c1cccc(Cl)c1Cl)C(=O)N1CCN(c2ncccn2)CC1. The van der Waals surface area contributed by atoms with E-state index in [-0.39, 0.29) is 16.5 Å². The lowest BCUT2D eigenvalue weighted by Crippen LogP contribution is -2.54. The summed E-state index contributed by atoms with van der Waals surface area (Å²) in [6, 6.07) is 5.90. The molecule has 0 radical (unpaired) electrons. The van der Waals surface area contributed by atoms with Crippen molar-refractivity contribution in [3.8, 4) is 0 Å². The molecule has 1 fully saturated rings. The Morgan fingerprint density at radius 3 is 2.41 bits per heavy atom. The van der Waals surface area contributed by atoms with Crippen molar-refractivity contribution in [2.24, 2.45) is 0 Å². The van der Waals surface area contributed by atoms with Crippen LogP contribution in [0.3, 0.4) is 0 Å². The normalized spacial score (nSPS) is 15.4. The number of benzene rings is 1. The van der Waals surface area contributed by atoms with Gasteiger partial charge in [-0.15, -0.1) is 0 Å². The minimum absolute atomic E-state index is 0.143. The Kier molecular flexibility index (Phi) is 6.13. The number of carbonyl (C=O) groups excluding carboxylic acids is 2.